The highest BCUT2D eigenvalue weighted by Crippen LogP contribution is 2.36. The van der Waals surface area contributed by atoms with Gasteiger partial charge in [-0.05, 0) is 35.2 Å². The molecule has 0 radical (unpaired) electrons. The number of primary amides is 1. The van der Waals surface area contributed by atoms with Gasteiger partial charge in [0.1, 0.15) is 0 Å². The Labute approximate surface area is 143 Å². The van der Waals surface area contributed by atoms with Crippen LogP contribution in [0.5, 0.6) is 0 Å². The summed E-state index contributed by atoms with van der Waals surface area (Å²) < 4.78 is 1.49. The highest BCUT2D eigenvalue weighted by atomic mass is 35.5. The van der Waals surface area contributed by atoms with E-state index < -0.39 is 12.1 Å². The zero-order chi connectivity index (χ0) is 16.7. The van der Waals surface area contributed by atoms with Crippen molar-refractivity contribution < 1.29 is 4.79 Å². The van der Waals surface area contributed by atoms with Gasteiger partial charge in [0, 0.05) is 25.9 Å². The van der Waals surface area contributed by atoms with E-state index in [4.69, 9.17) is 28.9 Å². The number of nitrogens with two attached hydrogens (primary N) is 1. The molecule has 3 rings (SSSR count). The second kappa shape index (κ2) is 5.91. The van der Waals surface area contributed by atoms with E-state index in [1.165, 1.54) is 4.57 Å². The quantitative estimate of drug-likeness (QED) is 0.858. The van der Waals surface area contributed by atoms with Gasteiger partial charge in [0.25, 0.3) is 5.56 Å². The van der Waals surface area contributed by atoms with E-state index in [9.17, 15) is 9.59 Å². The Morgan fingerprint density at radius 3 is 2.65 bits per heavy atom. The molecule has 2 N–H and O–H groups in total. The molecule has 2 heterocycles. The lowest BCUT2D eigenvalue weighted by Gasteiger charge is -2.36. The maximum Gasteiger partial charge on any atom is 0.315 e. The molecule has 1 aromatic heterocycles. The molecule has 2 aromatic rings. The predicted octanol–water partition coefficient (Wildman–Crippen LogP) is 2.72. The summed E-state index contributed by atoms with van der Waals surface area (Å²) in [6.45, 7) is 0.445. The van der Waals surface area contributed by atoms with Gasteiger partial charge in [-0.25, -0.2) is 4.79 Å². The van der Waals surface area contributed by atoms with Gasteiger partial charge < -0.3 is 15.2 Å². The minimum atomic E-state index is -0.513. The molecule has 0 bridgehead atoms. The van der Waals surface area contributed by atoms with Crippen LogP contribution in [0, 0.1) is 0 Å². The fraction of sp³-hybridized carbons (Fsp3) is 0.250. The van der Waals surface area contributed by atoms with Gasteiger partial charge in [0.05, 0.1) is 16.1 Å². The average molecular weight is 352 g/mol. The van der Waals surface area contributed by atoms with Crippen LogP contribution in [0.1, 0.15) is 22.7 Å². The molecule has 0 saturated heterocycles. The molecule has 1 atom stereocenters. The van der Waals surface area contributed by atoms with E-state index in [0.717, 1.165) is 16.7 Å². The normalized spacial score (nSPS) is 17.0. The fourth-order valence-electron chi connectivity index (χ4n) is 2.97. The van der Waals surface area contributed by atoms with Crippen LogP contribution in [0.15, 0.2) is 35.3 Å². The second-order valence-corrected chi connectivity index (χ2v) is 6.38. The SMILES string of the molecule is Cn1cc2c(cc1=O)CCN(C(N)=O)C2c1ccc(Cl)c(Cl)c1. The summed E-state index contributed by atoms with van der Waals surface area (Å²) in [5, 5.41) is 0.850. The first kappa shape index (κ1) is 15.9. The van der Waals surface area contributed by atoms with Crippen LogP contribution in [0.4, 0.5) is 4.79 Å². The van der Waals surface area contributed by atoms with Gasteiger partial charge in [-0.3, -0.25) is 4.79 Å². The smallest absolute Gasteiger partial charge is 0.315 e. The summed E-state index contributed by atoms with van der Waals surface area (Å²) in [6, 6.07) is 5.94. The minimum absolute atomic E-state index is 0.0795. The molecular formula is C16H15Cl2N3O2. The largest absolute Gasteiger partial charge is 0.351 e. The highest BCUT2D eigenvalue weighted by molar-refractivity contribution is 6.42. The highest BCUT2D eigenvalue weighted by Gasteiger charge is 2.32. The Balaban J connectivity index is 2.21. The number of carbonyl (C=O) groups is 1. The van der Waals surface area contributed by atoms with Gasteiger partial charge in [0.2, 0.25) is 0 Å². The molecule has 23 heavy (non-hydrogen) atoms. The Morgan fingerprint density at radius 2 is 2.00 bits per heavy atom. The summed E-state index contributed by atoms with van der Waals surface area (Å²) in [5.74, 6) is 0. The number of nitrogens with zero attached hydrogens (tertiary/aromatic N) is 2. The molecule has 0 spiro atoms. The summed E-state index contributed by atoms with van der Waals surface area (Å²) >= 11 is 12.1. The van der Waals surface area contributed by atoms with E-state index in [1.807, 2.05) is 6.07 Å². The molecule has 5 nitrogen and oxygen atoms in total. The number of amides is 2. The van der Waals surface area contributed by atoms with E-state index in [2.05, 4.69) is 0 Å². The monoisotopic (exact) mass is 351 g/mol. The van der Waals surface area contributed by atoms with E-state index in [-0.39, 0.29) is 5.56 Å². The van der Waals surface area contributed by atoms with Crippen LogP contribution in [-0.4, -0.2) is 22.0 Å². The maximum atomic E-state index is 11.9. The summed E-state index contributed by atoms with van der Waals surface area (Å²) in [6.07, 6.45) is 2.34. The third-order valence-corrected chi connectivity index (χ3v) is 4.86. The van der Waals surface area contributed by atoms with Gasteiger partial charge in [-0.1, -0.05) is 29.3 Å². The number of hydrogen-bond donors (Lipinski definition) is 1. The Bertz CT molecular complexity index is 848. The molecule has 7 heteroatoms. The number of halogens is 2. The summed E-state index contributed by atoms with van der Waals surface area (Å²) in [5.41, 5.74) is 8.06. The second-order valence-electron chi connectivity index (χ2n) is 5.56. The number of urea groups is 1. The third kappa shape index (κ3) is 2.82. The number of hydrogen-bond acceptors (Lipinski definition) is 2. The van der Waals surface area contributed by atoms with Gasteiger partial charge in [0.15, 0.2) is 0 Å². The number of aryl methyl sites for hydroxylation is 1. The average Bonchev–Trinajstić information content (AvgIpc) is 2.50. The lowest BCUT2D eigenvalue weighted by Crippen LogP contribution is -2.44. The molecule has 1 aliphatic heterocycles. The first-order valence-corrected chi connectivity index (χ1v) is 7.84. The van der Waals surface area contributed by atoms with Crippen molar-refractivity contribution in [1.82, 2.24) is 9.47 Å². The topological polar surface area (TPSA) is 68.3 Å². The van der Waals surface area contributed by atoms with E-state index in [1.54, 1.807) is 36.3 Å². The molecule has 0 saturated carbocycles. The molecule has 2 amide bonds. The Morgan fingerprint density at radius 1 is 1.26 bits per heavy atom. The standard InChI is InChI=1S/C16H15Cl2N3O2/c1-20-8-11-9(7-14(20)22)4-5-21(16(19)23)15(11)10-2-3-12(17)13(18)6-10/h2-3,6-8,15H,4-5H2,1H3,(H2,19,23). The van der Waals surface area contributed by atoms with Crippen molar-refractivity contribution in [1.29, 1.82) is 0 Å². The zero-order valence-electron chi connectivity index (χ0n) is 12.4. The third-order valence-electron chi connectivity index (χ3n) is 4.12. The fourth-order valence-corrected chi connectivity index (χ4v) is 3.28. The number of benzene rings is 1. The van der Waals surface area contributed by atoms with Gasteiger partial charge >= 0.3 is 6.03 Å². The number of aromatic nitrogens is 1. The zero-order valence-corrected chi connectivity index (χ0v) is 13.9. The van der Waals surface area contributed by atoms with Crippen LogP contribution in [0.2, 0.25) is 10.0 Å². The van der Waals surface area contributed by atoms with Crippen LogP contribution in [0.3, 0.4) is 0 Å². The Kier molecular flexibility index (Phi) is 4.08. The number of carbonyl (C=O) groups excluding carboxylic acids is 1. The van der Waals surface area contributed by atoms with Crippen LogP contribution >= 0.6 is 23.2 Å². The molecule has 1 unspecified atom stereocenters. The molecule has 1 aliphatic rings. The van der Waals surface area contributed by atoms with Gasteiger partial charge in [-0.15, -0.1) is 0 Å². The Hall–Kier alpha value is -1.98. The van der Waals surface area contributed by atoms with Crippen molar-refractivity contribution >= 4 is 29.2 Å². The van der Waals surface area contributed by atoms with Crippen LogP contribution in [0.25, 0.3) is 0 Å². The van der Waals surface area contributed by atoms with Crippen LogP contribution in [-0.2, 0) is 13.5 Å². The summed E-state index contributed by atoms with van der Waals surface area (Å²) in [4.78, 5) is 25.3. The van der Waals surface area contributed by atoms with Crippen molar-refractivity contribution in [3.8, 4) is 0 Å². The van der Waals surface area contributed by atoms with Crippen LogP contribution < -0.4 is 11.3 Å². The molecule has 120 valence electrons. The number of fused-ring (bicyclic) bond motifs is 1. The first-order chi connectivity index (χ1) is 10.9. The maximum absolute atomic E-state index is 11.9. The van der Waals surface area contributed by atoms with E-state index in [0.29, 0.717) is 23.0 Å². The lowest BCUT2D eigenvalue weighted by atomic mass is 9.89. The number of pyridine rings is 1. The predicted molar refractivity (Wildman–Crippen MR) is 90.0 cm³/mol. The van der Waals surface area contributed by atoms with Crippen molar-refractivity contribution in [3.05, 3.63) is 67.6 Å². The first-order valence-electron chi connectivity index (χ1n) is 7.09. The molecule has 0 fully saturated rings. The van der Waals surface area contributed by atoms with Crippen molar-refractivity contribution in [2.24, 2.45) is 12.8 Å². The van der Waals surface area contributed by atoms with E-state index >= 15 is 0 Å². The minimum Gasteiger partial charge on any atom is -0.351 e. The number of rotatable bonds is 1. The van der Waals surface area contributed by atoms with Crippen molar-refractivity contribution in [3.63, 3.8) is 0 Å². The molecule has 0 aliphatic carbocycles. The lowest BCUT2D eigenvalue weighted by molar-refractivity contribution is 0.189. The summed E-state index contributed by atoms with van der Waals surface area (Å²) in [7, 11) is 1.68. The molecular weight excluding hydrogens is 337 g/mol. The van der Waals surface area contributed by atoms with Gasteiger partial charge in [-0.2, -0.15) is 0 Å². The van der Waals surface area contributed by atoms with Crippen molar-refractivity contribution in [2.75, 3.05) is 6.54 Å². The van der Waals surface area contributed by atoms with Crippen molar-refractivity contribution in [2.45, 2.75) is 12.5 Å². The molecule has 1 aromatic carbocycles.